The van der Waals surface area contributed by atoms with Crippen molar-refractivity contribution in [1.82, 2.24) is 0 Å². The molecule has 120 valence electrons. The molecule has 1 aromatic rings. The number of carbonyl (C=O) groups excluding carboxylic acids is 1. The van der Waals surface area contributed by atoms with E-state index >= 15 is 0 Å². The van der Waals surface area contributed by atoms with E-state index in [1.807, 2.05) is 11.8 Å². The number of hydrogen-bond donors (Lipinski definition) is 0. The highest BCUT2D eigenvalue weighted by Crippen LogP contribution is 2.48. The topological polar surface area (TPSA) is 26.3 Å². The number of rotatable bonds is 3. The quantitative estimate of drug-likeness (QED) is 0.592. The first-order chi connectivity index (χ1) is 10.4. The lowest BCUT2D eigenvalue weighted by Gasteiger charge is -2.35. The average molecular weight is 318 g/mol. The maximum atomic E-state index is 12.2. The second-order valence-corrected chi connectivity index (χ2v) is 8.88. The van der Waals surface area contributed by atoms with E-state index < -0.39 is 0 Å². The Morgan fingerprint density at radius 1 is 1.18 bits per heavy atom. The number of fused-ring (bicyclic) bond motifs is 1. The zero-order valence-corrected chi connectivity index (χ0v) is 14.6. The van der Waals surface area contributed by atoms with E-state index in [-0.39, 0.29) is 23.4 Å². The van der Waals surface area contributed by atoms with Crippen LogP contribution >= 0.6 is 11.8 Å². The van der Waals surface area contributed by atoms with Gasteiger partial charge in [0.05, 0.1) is 5.92 Å². The van der Waals surface area contributed by atoms with Crippen molar-refractivity contribution >= 4 is 17.7 Å². The van der Waals surface area contributed by atoms with E-state index in [4.69, 9.17) is 4.74 Å². The monoisotopic (exact) mass is 318 g/mol. The van der Waals surface area contributed by atoms with Crippen LogP contribution in [0.25, 0.3) is 0 Å². The summed E-state index contributed by atoms with van der Waals surface area (Å²) >= 11 is 1.94. The van der Waals surface area contributed by atoms with Crippen LogP contribution in [-0.4, -0.2) is 17.8 Å². The molecule has 2 fully saturated rings. The Bertz CT molecular complexity index is 520. The molecular formula is C19H26O2S. The lowest BCUT2D eigenvalue weighted by atomic mass is 9.67. The Balaban J connectivity index is 1.62. The van der Waals surface area contributed by atoms with Crippen molar-refractivity contribution in [2.24, 2.45) is 23.2 Å². The van der Waals surface area contributed by atoms with Gasteiger partial charge in [0.15, 0.2) is 0 Å². The summed E-state index contributed by atoms with van der Waals surface area (Å²) in [5.41, 5.74) is 0.00492. The van der Waals surface area contributed by atoms with Crippen molar-refractivity contribution in [3.8, 4) is 0 Å². The molecule has 3 rings (SSSR count). The molecule has 1 saturated carbocycles. The summed E-state index contributed by atoms with van der Waals surface area (Å²) in [6, 6.07) is 10.6. The Hall–Kier alpha value is -0.960. The van der Waals surface area contributed by atoms with Crippen molar-refractivity contribution in [3.63, 3.8) is 0 Å². The van der Waals surface area contributed by atoms with Gasteiger partial charge in [-0.3, -0.25) is 4.79 Å². The Morgan fingerprint density at radius 3 is 2.59 bits per heavy atom. The molecular weight excluding hydrogens is 292 g/mol. The molecule has 0 N–H and O–H groups in total. The predicted octanol–water partition coefficient (Wildman–Crippen LogP) is 4.78. The fourth-order valence-electron chi connectivity index (χ4n) is 4.04. The number of carbonyl (C=O) groups is 1. The van der Waals surface area contributed by atoms with E-state index in [9.17, 15) is 4.79 Å². The van der Waals surface area contributed by atoms with Crippen LogP contribution < -0.4 is 0 Å². The molecule has 2 aliphatic rings. The minimum Gasteiger partial charge on any atom is -0.462 e. The average Bonchev–Trinajstić information content (AvgIpc) is 2.81. The van der Waals surface area contributed by atoms with Crippen LogP contribution in [0.15, 0.2) is 35.2 Å². The number of ether oxygens (including phenoxy) is 1. The highest BCUT2D eigenvalue weighted by atomic mass is 32.2. The van der Waals surface area contributed by atoms with E-state index in [2.05, 4.69) is 51.1 Å². The molecule has 0 spiro atoms. The molecule has 1 saturated heterocycles. The molecule has 1 aromatic carbocycles. The lowest BCUT2D eigenvalue weighted by molar-refractivity contribution is -0.146. The van der Waals surface area contributed by atoms with Crippen LogP contribution in [0, 0.1) is 23.2 Å². The summed E-state index contributed by atoms with van der Waals surface area (Å²) in [7, 11) is 0. The molecule has 2 nitrogen and oxygen atoms in total. The van der Waals surface area contributed by atoms with Gasteiger partial charge in [0, 0.05) is 16.6 Å². The first-order valence-corrected chi connectivity index (χ1v) is 9.32. The fourth-order valence-corrected chi connectivity index (χ4v) is 5.12. The predicted molar refractivity (Wildman–Crippen MR) is 90.8 cm³/mol. The first-order valence-electron chi connectivity index (χ1n) is 8.33. The van der Waals surface area contributed by atoms with Gasteiger partial charge in [-0.15, -0.1) is 11.8 Å². The first kappa shape index (κ1) is 15.9. The number of benzene rings is 1. The molecule has 1 aliphatic carbocycles. The smallest absolute Gasteiger partial charge is 0.310 e. The van der Waals surface area contributed by atoms with Gasteiger partial charge < -0.3 is 4.74 Å². The maximum Gasteiger partial charge on any atom is 0.310 e. The summed E-state index contributed by atoms with van der Waals surface area (Å²) in [5, 5.41) is 0. The summed E-state index contributed by atoms with van der Waals surface area (Å²) in [6.45, 7) is 6.51. The van der Waals surface area contributed by atoms with Crippen LogP contribution in [0.3, 0.4) is 0 Å². The Morgan fingerprint density at radius 2 is 1.91 bits per heavy atom. The second-order valence-electron chi connectivity index (χ2n) is 7.79. The minimum absolute atomic E-state index is 0.00492. The molecule has 22 heavy (non-hydrogen) atoms. The third-order valence-corrected chi connectivity index (χ3v) is 6.30. The normalized spacial score (nSPS) is 31.7. The number of thioether (sulfide) groups is 1. The summed E-state index contributed by atoms with van der Waals surface area (Å²) in [4.78, 5) is 13.6. The van der Waals surface area contributed by atoms with Crippen molar-refractivity contribution in [2.75, 3.05) is 5.75 Å². The molecule has 1 heterocycles. The van der Waals surface area contributed by atoms with Gasteiger partial charge >= 0.3 is 5.97 Å². The van der Waals surface area contributed by atoms with Gasteiger partial charge in [0.1, 0.15) is 6.10 Å². The van der Waals surface area contributed by atoms with Crippen molar-refractivity contribution in [1.29, 1.82) is 0 Å². The molecule has 0 unspecified atom stereocenters. The Labute approximate surface area is 138 Å². The molecule has 0 radical (unpaired) electrons. The van der Waals surface area contributed by atoms with Crippen molar-refractivity contribution in [2.45, 2.75) is 51.0 Å². The standard InChI is InChI=1S/C19H26O2S/c1-19(2,3)17-15-11-13(9-10-16(15)21-18(17)20)12-22-14-7-5-4-6-8-14/h4-8,13,15-17H,9-12H2,1-3H3/t13-,15-,16-,17+/m1/s1. The van der Waals surface area contributed by atoms with Crippen molar-refractivity contribution in [3.05, 3.63) is 30.3 Å². The summed E-state index contributed by atoms with van der Waals surface area (Å²) in [6.07, 6.45) is 3.54. The molecule has 4 atom stereocenters. The highest BCUT2D eigenvalue weighted by Gasteiger charge is 2.51. The van der Waals surface area contributed by atoms with Crippen LogP contribution in [0.5, 0.6) is 0 Å². The van der Waals surface area contributed by atoms with Crippen LogP contribution in [0.2, 0.25) is 0 Å². The summed E-state index contributed by atoms with van der Waals surface area (Å²) in [5.74, 6) is 2.38. The van der Waals surface area contributed by atoms with Crippen molar-refractivity contribution < 1.29 is 9.53 Å². The molecule has 0 bridgehead atoms. The fraction of sp³-hybridized carbons (Fsp3) is 0.632. The van der Waals surface area contributed by atoms with Gasteiger partial charge in [0.25, 0.3) is 0 Å². The zero-order chi connectivity index (χ0) is 15.7. The third-order valence-electron chi connectivity index (χ3n) is 5.05. The zero-order valence-electron chi connectivity index (χ0n) is 13.7. The molecule has 1 aliphatic heterocycles. The lowest BCUT2D eigenvalue weighted by Crippen LogP contribution is -2.35. The van der Waals surface area contributed by atoms with Gasteiger partial charge in [0.2, 0.25) is 0 Å². The second kappa shape index (κ2) is 6.27. The molecule has 3 heteroatoms. The van der Waals surface area contributed by atoms with E-state index in [0.29, 0.717) is 11.8 Å². The highest BCUT2D eigenvalue weighted by molar-refractivity contribution is 7.99. The van der Waals surface area contributed by atoms with Crippen LogP contribution in [0.4, 0.5) is 0 Å². The Kier molecular flexibility index (Phi) is 4.54. The maximum absolute atomic E-state index is 12.2. The third kappa shape index (κ3) is 3.34. The van der Waals surface area contributed by atoms with Gasteiger partial charge in [-0.1, -0.05) is 39.0 Å². The molecule has 0 aromatic heterocycles. The van der Waals surface area contributed by atoms with Gasteiger partial charge in [-0.25, -0.2) is 0 Å². The van der Waals surface area contributed by atoms with Crippen LogP contribution in [-0.2, 0) is 9.53 Å². The van der Waals surface area contributed by atoms with E-state index in [1.165, 1.54) is 11.3 Å². The molecule has 0 amide bonds. The minimum atomic E-state index is 0.00492. The largest absolute Gasteiger partial charge is 0.462 e. The van der Waals surface area contributed by atoms with Crippen LogP contribution in [0.1, 0.15) is 40.0 Å². The summed E-state index contributed by atoms with van der Waals surface area (Å²) < 4.78 is 5.67. The number of esters is 1. The van der Waals surface area contributed by atoms with E-state index in [0.717, 1.165) is 18.6 Å². The van der Waals surface area contributed by atoms with E-state index in [1.54, 1.807) is 0 Å². The SMILES string of the molecule is CC(C)(C)[C@@H]1C(=O)O[C@@H]2CC[C@@H](CSc3ccccc3)C[C@@H]12. The number of hydrogen-bond acceptors (Lipinski definition) is 3. The van der Waals surface area contributed by atoms with Gasteiger partial charge in [-0.2, -0.15) is 0 Å². The van der Waals surface area contributed by atoms with Gasteiger partial charge in [-0.05, 0) is 42.7 Å².